The van der Waals surface area contributed by atoms with Crippen LogP contribution in [-0.2, 0) is 0 Å². The summed E-state index contributed by atoms with van der Waals surface area (Å²) in [5.74, 6) is -0.0258. The van der Waals surface area contributed by atoms with Gasteiger partial charge in [-0.3, -0.25) is 9.59 Å². The van der Waals surface area contributed by atoms with Gasteiger partial charge in [0.1, 0.15) is 0 Å². The highest BCUT2D eigenvalue weighted by atomic mass is 32.1. The van der Waals surface area contributed by atoms with Gasteiger partial charge in [-0.2, -0.15) is 0 Å². The molecule has 2 amide bonds. The fraction of sp³-hybridized carbons (Fsp3) is 0.158. The minimum atomic E-state index is -0.337. The van der Waals surface area contributed by atoms with Gasteiger partial charge in [0.25, 0.3) is 11.8 Å². The first-order valence-electron chi connectivity index (χ1n) is 7.91. The smallest absolute Gasteiger partial charge is 0.291 e. The SMILES string of the molecule is C[C@H](CNC(=O)c1ccc(NC(=O)c2ccco2)s1)c1ccccc1. The Morgan fingerprint density at radius 2 is 1.84 bits per heavy atom. The molecule has 25 heavy (non-hydrogen) atoms. The summed E-state index contributed by atoms with van der Waals surface area (Å²) in [6.07, 6.45) is 1.44. The van der Waals surface area contributed by atoms with E-state index in [0.29, 0.717) is 16.4 Å². The van der Waals surface area contributed by atoms with E-state index < -0.39 is 0 Å². The summed E-state index contributed by atoms with van der Waals surface area (Å²) in [5, 5.41) is 6.25. The number of thiophene rings is 1. The van der Waals surface area contributed by atoms with E-state index in [-0.39, 0.29) is 23.5 Å². The van der Waals surface area contributed by atoms with Crippen molar-refractivity contribution in [3.8, 4) is 0 Å². The van der Waals surface area contributed by atoms with Crippen LogP contribution >= 0.6 is 11.3 Å². The summed E-state index contributed by atoms with van der Waals surface area (Å²) >= 11 is 1.23. The molecule has 0 saturated heterocycles. The monoisotopic (exact) mass is 354 g/mol. The van der Waals surface area contributed by atoms with Crippen molar-refractivity contribution < 1.29 is 14.0 Å². The molecule has 2 N–H and O–H groups in total. The fourth-order valence-electron chi connectivity index (χ4n) is 2.34. The van der Waals surface area contributed by atoms with E-state index in [1.54, 1.807) is 24.3 Å². The van der Waals surface area contributed by atoms with Gasteiger partial charge in [-0.05, 0) is 35.7 Å². The number of carbonyl (C=O) groups is 2. The number of furan rings is 1. The molecule has 1 aromatic carbocycles. The molecule has 0 unspecified atom stereocenters. The normalized spacial score (nSPS) is 11.7. The van der Waals surface area contributed by atoms with Crippen molar-refractivity contribution in [3.05, 3.63) is 77.1 Å². The van der Waals surface area contributed by atoms with Crippen molar-refractivity contribution in [1.29, 1.82) is 0 Å². The number of rotatable bonds is 6. The van der Waals surface area contributed by atoms with Crippen LogP contribution in [0.5, 0.6) is 0 Å². The van der Waals surface area contributed by atoms with Gasteiger partial charge < -0.3 is 15.1 Å². The van der Waals surface area contributed by atoms with Crippen LogP contribution in [0.1, 0.15) is 38.6 Å². The van der Waals surface area contributed by atoms with E-state index in [0.717, 1.165) is 0 Å². The minimum Gasteiger partial charge on any atom is -0.459 e. The highest BCUT2D eigenvalue weighted by molar-refractivity contribution is 7.18. The Balaban J connectivity index is 1.55. The molecule has 0 fully saturated rings. The van der Waals surface area contributed by atoms with Crippen molar-refractivity contribution in [1.82, 2.24) is 5.32 Å². The van der Waals surface area contributed by atoms with E-state index in [1.165, 1.54) is 23.2 Å². The largest absolute Gasteiger partial charge is 0.459 e. The summed E-state index contributed by atoms with van der Waals surface area (Å²) < 4.78 is 5.04. The van der Waals surface area contributed by atoms with Gasteiger partial charge in [-0.1, -0.05) is 37.3 Å². The lowest BCUT2D eigenvalue weighted by atomic mass is 10.0. The molecule has 0 aliphatic carbocycles. The molecule has 3 rings (SSSR count). The summed E-state index contributed by atoms with van der Waals surface area (Å²) in [6, 6.07) is 16.7. The van der Waals surface area contributed by atoms with Crippen molar-refractivity contribution in [2.75, 3.05) is 11.9 Å². The van der Waals surface area contributed by atoms with Gasteiger partial charge >= 0.3 is 0 Å². The third-order valence-electron chi connectivity index (χ3n) is 3.75. The fourth-order valence-corrected chi connectivity index (χ4v) is 3.16. The molecule has 6 heteroatoms. The molecule has 5 nitrogen and oxygen atoms in total. The molecule has 3 aromatic rings. The zero-order chi connectivity index (χ0) is 17.6. The Hall–Kier alpha value is -2.86. The Morgan fingerprint density at radius 1 is 1.04 bits per heavy atom. The summed E-state index contributed by atoms with van der Waals surface area (Å²) in [6.45, 7) is 2.62. The third kappa shape index (κ3) is 4.36. The van der Waals surface area contributed by atoms with Gasteiger partial charge in [0.2, 0.25) is 0 Å². The van der Waals surface area contributed by atoms with Gasteiger partial charge in [-0.25, -0.2) is 0 Å². The molecule has 0 bridgehead atoms. The number of hydrogen-bond donors (Lipinski definition) is 2. The van der Waals surface area contributed by atoms with Crippen LogP contribution in [0.2, 0.25) is 0 Å². The first kappa shape index (κ1) is 17.0. The number of benzene rings is 1. The molecular formula is C19H18N2O3S. The number of hydrogen-bond acceptors (Lipinski definition) is 4. The lowest BCUT2D eigenvalue weighted by Crippen LogP contribution is -2.26. The van der Waals surface area contributed by atoms with E-state index >= 15 is 0 Å². The van der Waals surface area contributed by atoms with Crippen LogP contribution in [0.15, 0.2) is 65.3 Å². The van der Waals surface area contributed by atoms with E-state index in [2.05, 4.69) is 17.6 Å². The third-order valence-corrected chi connectivity index (χ3v) is 4.75. The van der Waals surface area contributed by atoms with E-state index in [1.807, 2.05) is 30.3 Å². The van der Waals surface area contributed by atoms with Crippen molar-refractivity contribution in [2.45, 2.75) is 12.8 Å². The summed E-state index contributed by atoms with van der Waals surface area (Å²) in [4.78, 5) is 24.8. The van der Waals surface area contributed by atoms with Gasteiger partial charge in [0, 0.05) is 6.54 Å². The maximum absolute atomic E-state index is 12.3. The van der Waals surface area contributed by atoms with Gasteiger partial charge in [-0.15, -0.1) is 11.3 Å². The first-order chi connectivity index (χ1) is 12.1. The summed E-state index contributed by atoms with van der Waals surface area (Å²) in [5.41, 5.74) is 1.18. The van der Waals surface area contributed by atoms with Crippen LogP contribution < -0.4 is 10.6 Å². The molecule has 0 aliphatic heterocycles. The van der Waals surface area contributed by atoms with Crippen LogP contribution in [-0.4, -0.2) is 18.4 Å². The quantitative estimate of drug-likeness (QED) is 0.699. The predicted molar refractivity (Wildman–Crippen MR) is 98.2 cm³/mol. The van der Waals surface area contributed by atoms with Crippen LogP contribution in [0.3, 0.4) is 0 Å². The Morgan fingerprint density at radius 3 is 2.56 bits per heavy atom. The minimum absolute atomic E-state index is 0.147. The second kappa shape index (κ2) is 7.81. The van der Waals surface area contributed by atoms with Crippen molar-refractivity contribution >= 4 is 28.2 Å². The zero-order valence-electron chi connectivity index (χ0n) is 13.7. The van der Waals surface area contributed by atoms with Crippen LogP contribution in [0, 0.1) is 0 Å². The Labute approximate surface area is 149 Å². The van der Waals surface area contributed by atoms with E-state index in [9.17, 15) is 9.59 Å². The molecule has 2 aromatic heterocycles. The predicted octanol–water partition coefficient (Wildman–Crippen LogP) is 4.13. The van der Waals surface area contributed by atoms with Crippen molar-refractivity contribution in [2.24, 2.45) is 0 Å². The second-order valence-corrected chi connectivity index (χ2v) is 6.70. The zero-order valence-corrected chi connectivity index (χ0v) is 14.5. The number of anilines is 1. The maximum Gasteiger partial charge on any atom is 0.291 e. The molecule has 0 saturated carbocycles. The summed E-state index contributed by atoms with van der Waals surface area (Å²) in [7, 11) is 0. The number of carbonyl (C=O) groups excluding carboxylic acids is 2. The van der Waals surface area contributed by atoms with Gasteiger partial charge in [0.05, 0.1) is 16.1 Å². The van der Waals surface area contributed by atoms with Crippen LogP contribution in [0.4, 0.5) is 5.00 Å². The number of amides is 2. The lowest BCUT2D eigenvalue weighted by Gasteiger charge is -2.12. The molecule has 1 atom stereocenters. The van der Waals surface area contributed by atoms with Crippen molar-refractivity contribution in [3.63, 3.8) is 0 Å². The first-order valence-corrected chi connectivity index (χ1v) is 8.73. The van der Waals surface area contributed by atoms with E-state index in [4.69, 9.17) is 4.42 Å². The second-order valence-electron chi connectivity index (χ2n) is 5.62. The average molecular weight is 354 g/mol. The Bertz CT molecular complexity index is 841. The standard InChI is InChI=1S/C19H18N2O3S/c1-13(14-6-3-2-4-7-14)12-20-19(23)16-9-10-17(25-16)21-18(22)15-8-5-11-24-15/h2-11,13H,12H2,1H3,(H,20,23)(H,21,22)/t13-/m1/s1. The molecule has 128 valence electrons. The molecule has 2 heterocycles. The highest BCUT2D eigenvalue weighted by Crippen LogP contribution is 2.23. The molecule has 0 spiro atoms. The average Bonchev–Trinajstić information content (AvgIpc) is 3.32. The molecule has 0 aliphatic rings. The maximum atomic E-state index is 12.3. The Kier molecular flexibility index (Phi) is 5.30. The highest BCUT2D eigenvalue weighted by Gasteiger charge is 2.14. The van der Waals surface area contributed by atoms with Gasteiger partial charge in [0.15, 0.2) is 5.76 Å². The lowest BCUT2D eigenvalue weighted by molar-refractivity contribution is 0.0954. The molecular weight excluding hydrogens is 336 g/mol. The number of nitrogens with one attached hydrogen (secondary N) is 2. The molecule has 0 radical (unpaired) electrons. The van der Waals surface area contributed by atoms with Crippen LogP contribution in [0.25, 0.3) is 0 Å². The topological polar surface area (TPSA) is 71.3 Å².